The van der Waals surface area contributed by atoms with Gasteiger partial charge in [0.15, 0.2) is 0 Å². The molecular weight excluding hydrogens is 221 g/mol. The first-order chi connectivity index (χ1) is 8.20. The van der Waals surface area contributed by atoms with Crippen LogP contribution in [-0.4, -0.2) is 5.91 Å². The number of amides is 1. The molecule has 17 heavy (non-hydrogen) atoms. The highest BCUT2D eigenvalue weighted by molar-refractivity contribution is 5.91. The molecule has 0 saturated heterocycles. The monoisotopic (exact) mass is 233 g/mol. The lowest BCUT2D eigenvalue weighted by Gasteiger charge is -2.06. The Morgan fingerprint density at radius 2 is 2.24 bits per heavy atom. The molecule has 1 amide bonds. The van der Waals surface area contributed by atoms with Crippen molar-refractivity contribution in [3.63, 3.8) is 0 Å². The van der Waals surface area contributed by atoms with Crippen LogP contribution in [0.25, 0.3) is 11.3 Å². The van der Waals surface area contributed by atoms with Gasteiger partial charge in [-0.2, -0.15) is 0 Å². The molecule has 0 unspecified atom stereocenters. The van der Waals surface area contributed by atoms with Crippen LogP contribution in [0.15, 0.2) is 41.0 Å². The average molecular weight is 233 g/mol. The average Bonchev–Trinajstić information content (AvgIpc) is 2.85. The van der Waals surface area contributed by atoms with Crippen LogP contribution in [-0.2, 0) is 4.79 Å². The van der Waals surface area contributed by atoms with Crippen LogP contribution >= 0.6 is 0 Å². The second-order valence-corrected chi connectivity index (χ2v) is 3.57. The molecule has 0 aliphatic heterocycles. The molecule has 0 saturated carbocycles. The second kappa shape index (κ2) is 4.82. The third-order valence-corrected chi connectivity index (χ3v) is 2.36. The van der Waals surface area contributed by atoms with Gasteiger partial charge in [-0.3, -0.25) is 4.79 Å². The molecule has 1 heterocycles. The molecule has 0 aliphatic rings. The topological polar surface area (TPSA) is 42.2 Å². The summed E-state index contributed by atoms with van der Waals surface area (Å²) in [4.78, 5) is 11.2. The fourth-order valence-corrected chi connectivity index (χ4v) is 1.47. The van der Waals surface area contributed by atoms with Crippen LogP contribution in [0, 0.1) is 5.82 Å². The van der Waals surface area contributed by atoms with E-state index in [9.17, 15) is 9.18 Å². The number of benzene rings is 1. The molecule has 0 atom stereocenters. The molecule has 1 aromatic heterocycles. The Hall–Kier alpha value is -2.10. The van der Waals surface area contributed by atoms with E-state index in [2.05, 4.69) is 5.32 Å². The Kier molecular flexibility index (Phi) is 3.23. The Balaban J connectivity index is 2.33. The molecular formula is C13H12FNO2. The first kappa shape index (κ1) is 11.4. The van der Waals surface area contributed by atoms with Crippen molar-refractivity contribution in [2.75, 3.05) is 5.32 Å². The first-order valence-corrected chi connectivity index (χ1v) is 5.34. The summed E-state index contributed by atoms with van der Waals surface area (Å²) in [5.41, 5.74) is 0.897. The molecule has 0 spiro atoms. The lowest BCUT2D eigenvalue weighted by atomic mass is 10.1. The van der Waals surface area contributed by atoms with Crippen molar-refractivity contribution in [3.05, 3.63) is 42.4 Å². The minimum atomic E-state index is -0.380. The van der Waals surface area contributed by atoms with Crippen molar-refractivity contribution in [3.8, 4) is 11.3 Å². The standard InChI is InChI=1S/C13H12FNO2/c1-2-13(16)15-9-5-6-11(14)10(8-9)12-4-3-7-17-12/h3-8H,2H2,1H3,(H,15,16). The van der Waals surface area contributed by atoms with Crippen LogP contribution < -0.4 is 5.32 Å². The lowest BCUT2D eigenvalue weighted by Crippen LogP contribution is -2.09. The van der Waals surface area contributed by atoms with E-state index in [1.54, 1.807) is 25.1 Å². The maximum absolute atomic E-state index is 13.6. The largest absolute Gasteiger partial charge is 0.464 e. The van der Waals surface area contributed by atoms with E-state index in [1.165, 1.54) is 18.4 Å². The van der Waals surface area contributed by atoms with E-state index in [4.69, 9.17) is 4.42 Å². The number of hydrogen-bond donors (Lipinski definition) is 1. The highest BCUT2D eigenvalue weighted by Crippen LogP contribution is 2.26. The zero-order chi connectivity index (χ0) is 12.3. The third kappa shape index (κ3) is 2.53. The summed E-state index contributed by atoms with van der Waals surface area (Å²) >= 11 is 0. The van der Waals surface area contributed by atoms with Gasteiger partial charge in [0.05, 0.1) is 11.8 Å². The maximum Gasteiger partial charge on any atom is 0.224 e. The zero-order valence-electron chi connectivity index (χ0n) is 9.37. The minimum absolute atomic E-state index is 0.109. The summed E-state index contributed by atoms with van der Waals surface area (Å²) in [5, 5.41) is 2.67. The highest BCUT2D eigenvalue weighted by atomic mass is 19.1. The van der Waals surface area contributed by atoms with Crippen LogP contribution in [0.5, 0.6) is 0 Å². The van der Waals surface area contributed by atoms with Gasteiger partial charge in [-0.1, -0.05) is 6.92 Å². The van der Waals surface area contributed by atoms with E-state index in [-0.39, 0.29) is 11.7 Å². The molecule has 0 fully saturated rings. The second-order valence-electron chi connectivity index (χ2n) is 3.57. The van der Waals surface area contributed by atoms with Crippen LogP contribution in [0.3, 0.4) is 0 Å². The lowest BCUT2D eigenvalue weighted by molar-refractivity contribution is -0.115. The SMILES string of the molecule is CCC(=O)Nc1ccc(F)c(-c2ccco2)c1. The quantitative estimate of drug-likeness (QED) is 0.882. The third-order valence-electron chi connectivity index (χ3n) is 2.36. The normalized spacial score (nSPS) is 10.2. The summed E-state index contributed by atoms with van der Waals surface area (Å²) in [6.07, 6.45) is 1.86. The smallest absolute Gasteiger partial charge is 0.224 e. The fourth-order valence-electron chi connectivity index (χ4n) is 1.47. The van der Waals surface area contributed by atoms with Gasteiger partial charge in [-0.05, 0) is 30.3 Å². The van der Waals surface area contributed by atoms with Gasteiger partial charge in [0, 0.05) is 12.1 Å². The van der Waals surface area contributed by atoms with Crippen molar-refractivity contribution in [1.29, 1.82) is 0 Å². The molecule has 1 N–H and O–H groups in total. The number of furan rings is 1. The molecule has 3 nitrogen and oxygen atoms in total. The Bertz CT molecular complexity index is 520. The number of rotatable bonds is 3. The van der Waals surface area contributed by atoms with Crippen LogP contribution in [0.2, 0.25) is 0 Å². The van der Waals surface area contributed by atoms with Crippen molar-refractivity contribution < 1.29 is 13.6 Å². The molecule has 2 aromatic rings. The molecule has 1 aromatic carbocycles. The minimum Gasteiger partial charge on any atom is -0.464 e. The van der Waals surface area contributed by atoms with E-state index in [1.807, 2.05) is 0 Å². The predicted octanol–water partition coefficient (Wildman–Crippen LogP) is 3.43. The van der Waals surface area contributed by atoms with Crippen LogP contribution in [0.1, 0.15) is 13.3 Å². The molecule has 0 bridgehead atoms. The summed E-state index contributed by atoms with van der Waals surface area (Å²) in [7, 11) is 0. The van der Waals surface area contributed by atoms with E-state index >= 15 is 0 Å². The Morgan fingerprint density at radius 3 is 2.88 bits per heavy atom. The first-order valence-electron chi connectivity index (χ1n) is 5.34. The predicted molar refractivity (Wildman–Crippen MR) is 63.0 cm³/mol. The van der Waals surface area contributed by atoms with E-state index in [0.717, 1.165) is 0 Å². The number of carbonyl (C=O) groups is 1. The van der Waals surface area contributed by atoms with Crippen molar-refractivity contribution in [1.82, 2.24) is 0 Å². The number of carbonyl (C=O) groups excluding carboxylic acids is 1. The van der Waals surface area contributed by atoms with Gasteiger partial charge in [-0.25, -0.2) is 4.39 Å². The number of nitrogens with one attached hydrogen (secondary N) is 1. The molecule has 0 aliphatic carbocycles. The molecule has 88 valence electrons. The Labute approximate surface area is 98.3 Å². The maximum atomic E-state index is 13.6. The van der Waals surface area contributed by atoms with Gasteiger partial charge < -0.3 is 9.73 Å². The zero-order valence-corrected chi connectivity index (χ0v) is 9.37. The summed E-state index contributed by atoms with van der Waals surface area (Å²) in [6, 6.07) is 7.75. The Morgan fingerprint density at radius 1 is 1.41 bits per heavy atom. The van der Waals surface area contributed by atoms with Gasteiger partial charge >= 0.3 is 0 Å². The fraction of sp³-hybridized carbons (Fsp3) is 0.154. The highest BCUT2D eigenvalue weighted by Gasteiger charge is 2.09. The van der Waals surface area contributed by atoms with E-state index < -0.39 is 0 Å². The van der Waals surface area contributed by atoms with Gasteiger partial charge in [0.25, 0.3) is 0 Å². The van der Waals surface area contributed by atoms with Crippen molar-refractivity contribution in [2.24, 2.45) is 0 Å². The molecule has 0 radical (unpaired) electrons. The number of halogens is 1. The number of hydrogen-bond acceptors (Lipinski definition) is 2. The number of anilines is 1. The summed E-state index contributed by atoms with van der Waals surface area (Å²) in [5.74, 6) is -0.0495. The van der Waals surface area contributed by atoms with Gasteiger partial charge in [0.2, 0.25) is 5.91 Å². The molecule has 4 heteroatoms. The van der Waals surface area contributed by atoms with Gasteiger partial charge in [-0.15, -0.1) is 0 Å². The van der Waals surface area contributed by atoms with Crippen LogP contribution in [0.4, 0.5) is 10.1 Å². The molecule has 2 rings (SSSR count). The summed E-state index contributed by atoms with van der Waals surface area (Å²) < 4.78 is 18.7. The van der Waals surface area contributed by atoms with E-state index in [0.29, 0.717) is 23.4 Å². The summed E-state index contributed by atoms with van der Waals surface area (Å²) in [6.45, 7) is 1.76. The van der Waals surface area contributed by atoms with Crippen molar-refractivity contribution in [2.45, 2.75) is 13.3 Å². The van der Waals surface area contributed by atoms with Gasteiger partial charge in [0.1, 0.15) is 11.6 Å². The van der Waals surface area contributed by atoms with Crippen molar-refractivity contribution >= 4 is 11.6 Å².